The van der Waals surface area contributed by atoms with Crippen molar-refractivity contribution < 1.29 is 4.92 Å². The number of nitro benzene ring substituents is 1. The Morgan fingerprint density at radius 2 is 2.14 bits per heavy atom. The lowest BCUT2D eigenvalue weighted by molar-refractivity contribution is -0.385. The van der Waals surface area contributed by atoms with Crippen LogP contribution in [-0.2, 0) is 6.54 Å². The monoisotopic (exact) mass is 311 g/mol. The maximum atomic E-state index is 11.0. The second-order valence-corrected chi connectivity index (χ2v) is 6.21. The van der Waals surface area contributed by atoms with Gasteiger partial charge in [-0.05, 0) is 50.5 Å². The molecule has 1 aliphatic heterocycles. The molecule has 0 bridgehead atoms. The molecule has 6 heteroatoms. The van der Waals surface area contributed by atoms with Gasteiger partial charge < -0.3 is 10.2 Å². The Kier molecular flexibility index (Phi) is 5.96. The van der Waals surface area contributed by atoms with Gasteiger partial charge >= 0.3 is 0 Å². The van der Waals surface area contributed by atoms with E-state index in [4.69, 9.17) is 11.6 Å². The molecule has 0 radical (unpaired) electrons. The largest absolute Gasteiger partial charge is 0.312 e. The van der Waals surface area contributed by atoms with Crippen LogP contribution in [0.15, 0.2) is 18.2 Å². The highest BCUT2D eigenvalue weighted by Gasteiger charge is 2.16. The van der Waals surface area contributed by atoms with Crippen LogP contribution in [0, 0.1) is 16.0 Å². The molecule has 21 heavy (non-hydrogen) atoms. The summed E-state index contributed by atoms with van der Waals surface area (Å²) in [4.78, 5) is 13.1. The van der Waals surface area contributed by atoms with Gasteiger partial charge in [-0.15, -0.1) is 0 Å². The number of likely N-dealkylation sites (tertiary alicyclic amines) is 1. The van der Waals surface area contributed by atoms with Crippen LogP contribution in [0.3, 0.4) is 0 Å². The molecule has 2 rings (SSSR count). The van der Waals surface area contributed by atoms with E-state index in [0.29, 0.717) is 23.0 Å². The van der Waals surface area contributed by atoms with Gasteiger partial charge in [-0.25, -0.2) is 0 Å². The summed E-state index contributed by atoms with van der Waals surface area (Å²) in [5.41, 5.74) is 0.764. The Hall–Kier alpha value is -1.17. The number of nitrogens with zero attached hydrogens (tertiary/aromatic N) is 2. The predicted octanol–water partition coefficient (Wildman–Crippen LogP) is 3.07. The Morgan fingerprint density at radius 1 is 1.43 bits per heavy atom. The summed E-state index contributed by atoms with van der Waals surface area (Å²) in [6.07, 6.45) is 2.60. The average molecular weight is 312 g/mol. The maximum absolute atomic E-state index is 11.0. The topological polar surface area (TPSA) is 58.4 Å². The number of nitro groups is 1. The first kappa shape index (κ1) is 16.2. The second kappa shape index (κ2) is 7.73. The van der Waals surface area contributed by atoms with E-state index in [-0.39, 0.29) is 10.6 Å². The molecular weight excluding hydrogens is 290 g/mol. The molecule has 1 heterocycles. The summed E-state index contributed by atoms with van der Waals surface area (Å²) >= 11 is 5.92. The van der Waals surface area contributed by atoms with E-state index in [2.05, 4.69) is 17.1 Å². The van der Waals surface area contributed by atoms with Gasteiger partial charge in [0.2, 0.25) is 0 Å². The smallest absolute Gasteiger partial charge is 0.273 e. The third-order valence-corrected chi connectivity index (χ3v) is 4.05. The van der Waals surface area contributed by atoms with E-state index < -0.39 is 0 Å². The third kappa shape index (κ3) is 4.95. The molecule has 1 fully saturated rings. The van der Waals surface area contributed by atoms with Crippen molar-refractivity contribution >= 4 is 17.3 Å². The van der Waals surface area contributed by atoms with Gasteiger partial charge in [0, 0.05) is 29.7 Å². The zero-order valence-corrected chi connectivity index (χ0v) is 13.1. The lowest BCUT2D eigenvalue weighted by Crippen LogP contribution is -2.31. The molecule has 5 nitrogen and oxygen atoms in total. The van der Waals surface area contributed by atoms with Crippen molar-refractivity contribution in [1.29, 1.82) is 0 Å². The van der Waals surface area contributed by atoms with Crippen molar-refractivity contribution in [3.8, 4) is 0 Å². The normalized spacial score (nSPS) is 17.0. The fraction of sp³-hybridized carbons (Fsp3) is 0.600. The summed E-state index contributed by atoms with van der Waals surface area (Å²) in [5.74, 6) is 0.529. The first-order valence-electron chi connectivity index (χ1n) is 7.42. The summed E-state index contributed by atoms with van der Waals surface area (Å²) in [6, 6.07) is 4.68. The summed E-state index contributed by atoms with van der Waals surface area (Å²) < 4.78 is 0. The van der Waals surface area contributed by atoms with Gasteiger partial charge in [-0.1, -0.05) is 18.5 Å². The van der Waals surface area contributed by atoms with Gasteiger partial charge in [0.25, 0.3) is 5.69 Å². The number of hydrogen-bond acceptors (Lipinski definition) is 4. The minimum atomic E-state index is -0.360. The highest BCUT2D eigenvalue weighted by molar-refractivity contribution is 6.30. The molecule has 1 N–H and O–H groups in total. The molecule has 0 aromatic heterocycles. The molecule has 1 aromatic carbocycles. The van der Waals surface area contributed by atoms with Crippen LogP contribution in [0.4, 0.5) is 5.69 Å². The van der Waals surface area contributed by atoms with Gasteiger partial charge in [0.15, 0.2) is 0 Å². The SMILES string of the molecule is CC(CNCc1cc(Cl)ccc1[N+](=O)[O-])CN1CCCC1. The number of nitrogens with one attached hydrogen (secondary N) is 1. The Morgan fingerprint density at radius 3 is 2.81 bits per heavy atom. The molecule has 1 aromatic rings. The molecular formula is C15H22ClN3O2. The highest BCUT2D eigenvalue weighted by atomic mass is 35.5. The molecule has 1 aliphatic rings. The van der Waals surface area contributed by atoms with E-state index in [1.165, 1.54) is 32.0 Å². The van der Waals surface area contributed by atoms with Crippen molar-refractivity contribution in [2.24, 2.45) is 5.92 Å². The van der Waals surface area contributed by atoms with E-state index in [9.17, 15) is 10.1 Å². The summed E-state index contributed by atoms with van der Waals surface area (Å²) in [5, 5.41) is 14.8. The van der Waals surface area contributed by atoms with Crippen LogP contribution < -0.4 is 5.32 Å². The minimum absolute atomic E-state index is 0.124. The van der Waals surface area contributed by atoms with E-state index >= 15 is 0 Å². The molecule has 0 aliphatic carbocycles. The van der Waals surface area contributed by atoms with E-state index in [0.717, 1.165) is 13.1 Å². The fourth-order valence-corrected chi connectivity index (χ4v) is 2.99. The molecule has 1 atom stereocenters. The quantitative estimate of drug-likeness (QED) is 0.621. The highest BCUT2D eigenvalue weighted by Crippen LogP contribution is 2.22. The van der Waals surface area contributed by atoms with Crippen LogP contribution in [0.2, 0.25) is 5.02 Å². The number of benzene rings is 1. The first-order chi connectivity index (χ1) is 10.1. The molecule has 0 amide bonds. The van der Waals surface area contributed by atoms with Crippen molar-refractivity contribution in [2.45, 2.75) is 26.3 Å². The molecule has 1 unspecified atom stereocenters. The van der Waals surface area contributed by atoms with Crippen LogP contribution >= 0.6 is 11.6 Å². The zero-order valence-electron chi connectivity index (χ0n) is 12.3. The molecule has 1 saturated heterocycles. The lowest BCUT2D eigenvalue weighted by Gasteiger charge is -2.20. The summed E-state index contributed by atoms with van der Waals surface area (Å²) in [6.45, 7) is 7.01. The van der Waals surface area contributed by atoms with Crippen LogP contribution in [0.5, 0.6) is 0 Å². The maximum Gasteiger partial charge on any atom is 0.273 e. The molecule has 0 spiro atoms. The minimum Gasteiger partial charge on any atom is -0.312 e. The Balaban J connectivity index is 1.82. The van der Waals surface area contributed by atoms with Crippen LogP contribution in [-0.4, -0.2) is 36.0 Å². The van der Waals surface area contributed by atoms with Crippen molar-refractivity contribution in [2.75, 3.05) is 26.2 Å². The van der Waals surface area contributed by atoms with Crippen molar-refractivity contribution in [1.82, 2.24) is 10.2 Å². The first-order valence-corrected chi connectivity index (χ1v) is 7.80. The number of rotatable bonds is 7. The predicted molar refractivity (Wildman–Crippen MR) is 84.7 cm³/mol. The third-order valence-electron chi connectivity index (χ3n) is 3.82. The van der Waals surface area contributed by atoms with Gasteiger partial charge in [-0.2, -0.15) is 0 Å². The van der Waals surface area contributed by atoms with Crippen LogP contribution in [0.1, 0.15) is 25.3 Å². The van der Waals surface area contributed by atoms with E-state index in [1.807, 2.05) is 0 Å². The number of halogens is 1. The lowest BCUT2D eigenvalue weighted by atomic mass is 10.1. The van der Waals surface area contributed by atoms with E-state index in [1.54, 1.807) is 12.1 Å². The van der Waals surface area contributed by atoms with Crippen LogP contribution in [0.25, 0.3) is 0 Å². The number of hydrogen-bond donors (Lipinski definition) is 1. The van der Waals surface area contributed by atoms with Gasteiger partial charge in [0.05, 0.1) is 4.92 Å². The molecule has 0 saturated carbocycles. The van der Waals surface area contributed by atoms with Gasteiger partial charge in [-0.3, -0.25) is 10.1 Å². The zero-order chi connectivity index (χ0) is 15.2. The Bertz CT molecular complexity index is 490. The second-order valence-electron chi connectivity index (χ2n) is 5.77. The van der Waals surface area contributed by atoms with Crippen molar-refractivity contribution in [3.05, 3.63) is 38.9 Å². The Labute approximate surface area is 130 Å². The summed E-state index contributed by atoms with van der Waals surface area (Å²) in [7, 11) is 0. The van der Waals surface area contributed by atoms with Crippen molar-refractivity contribution in [3.63, 3.8) is 0 Å². The fourth-order valence-electron chi connectivity index (χ4n) is 2.80. The van der Waals surface area contributed by atoms with Gasteiger partial charge in [0.1, 0.15) is 0 Å². The average Bonchev–Trinajstić information content (AvgIpc) is 2.91. The standard InChI is InChI=1S/C15H22ClN3O2/c1-12(11-18-6-2-3-7-18)9-17-10-13-8-14(16)4-5-15(13)19(20)21/h4-5,8,12,17H,2-3,6-7,9-11H2,1H3. The molecule has 116 valence electrons.